The highest BCUT2D eigenvalue weighted by molar-refractivity contribution is 5.90. The first-order valence-corrected chi connectivity index (χ1v) is 10.9. The molecule has 8 heteroatoms. The molecule has 3 rings (SSSR count). The summed E-state index contributed by atoms with van der Waals surface area (Å²) in [4.78, 5) is 48.0. The number of benzene rings is 2. The van der Waals surface area contributed by atoms with E-state index in [2.05, 4.69) is 26.3 Å². The minimum absolute atomic E-state index is 0.0200. The van der Waals surface area contributed by atoms with Gasteiger partial charge in [0.2, 0.25) is 0 Å². The molecule has 0 fully saturated rings. The molecule has 2 aromatic rings. The fourth-order valence-electron chi connectivity index (χ4n) is 3.91. The molecule has 0 spiro atoms. The molecular formula is C28H24O8. The minimum atomic E-state index is -0.754. The number of esters is 4. The molecule has 0 radical (unpaired) electrons. The predicted molar refractivity (Wildman–Crippen MR) is 132 cm³/mol. The first-order chi connectivity index (χ1) is 17.1. The summed E-state index contributed by atoms with van der Waals surface area (Å²) < 4.78 is 21.5. The first kappa shape index (κ1) is 25.9. The van der Waals surface area contributed by atoms with Crippen LogP contribution in [0.15, 0.2) is 74.9 Å². The quantitative estimate of drug-likeness (QED) is 0.292. The molecule has 0 heterocycles. The second kappa shape index (κ2) is 10.7. The fourth-order valence-corrected chi connectivity index (χ4v) is 3.91. The summed E-state index contributed by atoms with van der Waals surface area (Å²) in [5.74, 6) is -3.27. The van der Waals surface area contributed by atoms with Gasteiger partial charge in [0.15, 0.2) is 23.0 Å². The molecule has 2 unspecified atom stereocenters. The van der Waals surface area contributed by atoms with Gasteiger partial charge in [0.1, 0.15) is 0 Å². The Morgan fingerprint density at radius 3 is 1.64 bits per heavy atom. The largest absolute Gasteiger partial charge is 0.419 e. The third-order valence-corrected chi connectivity index (χ3v) is 5.76. The lowest BCUT2D eigenvalue weighted by atomic mass is 9.72. The molecule has 184 valence electrons. The molecule has 0 aliphatic heterocycles. The van der Waals surface area contributed by atoms with E-state index in [1.54, 1.807) is 18.2 Å². The maximum atomic E-state index is 12.2. The van der Waals surface area contributed by atoms with Crippen LogP contribution in [0.1, 0.15) is 36.8 Å². The molecule has 1 aliphatic carbocycles. The molecule has 2 aromatic carbocycles. The van der Waals surface area contributed by atoms with Crippen molar-refractivity contribution in [3.05, 3.63) is 86.0 Å². The Morgan fingerprint density at radius 1 is 0.639 bits per heavy atom. The van der Waals surface area contributed by atoms with Gasteiger partial charge in [-0.15, -0.1) is 0 Å². The number of carbonyl (C=O) groups is 4. The van der Waals surface area contributed by atoms with Gasteiger partial charge in [-0.1, -0.05) is 46.2 Å². The monoisotopic (exact) mass is 488 g/mol. The van der Waals surface area contributed by atoms with Gasteiger partial charge in [-0.05, 0) is 46.7 Å². The third kappa shape index (κ3) is 5.02. The summed E-state index contributed by atoms with van der Waals surface area (Å²) in [5, 5.41) is 0. The van der Waals surface area contributed by atoms with Crippen LogP contribution in [0.5, 0.6) is 23.0 Å². The van der Waals surface area contributed by atoms with Gasteiger partial charge >= 0.3 is 23.9 Å². The van der Waals surface area contributed by atoms with E-state index in [0.29, 0.717) is 16.7 Å². The molecule has 0 N–H and O–H groups in total. The van der Waals surface area contributed by atoms with Crippen molar-refractivity contribution < 1.29 is 38.1 Å². The SMILES string of the molecule is C=CC(=O)Oc1cc2c(cc1OC(=O)C=C)C(C)C(C)c1c-2ccc(OC(=O)C=C)c1OC(=O)C=C. The second-order valence-electron chi connectivity index (χ2n) is 7.82. The highest BCUT2D eigenvalue weighted by Gasteiger charge is 2.35. The Bertz CT molecular complexity index is 1300. The number of fused-ring (bicyclic) bond motifs is 3. The predicted octanol–water partition coefficient (Wildman–Crippen LogP) is 4.94. The Balaban J connectivity index is 2.31. The van der Waals surface area contributed by atoms with Crippen molar-refractivity contribution >= 4 is 23.9 Å². The molecule has 8 nitrogen and oxygen atoms in total. The lowest BCUT2D eigenvalue weighted by Crippen LogP contribution is -2.18. The van der Waals surface area contributed by atoms with Gasteiger partial charge in [-0.3, -0.25) is 0 Å². The van der Waals surface area contributed by atoms with Crippen LogP contribution in [0.25, 0.3) is 11.1 Å². The van der Waals surface area contributed by atoms with Crippen LogP contribution in [-0.4, -0.2) is 23.9 Å². The van der Waals surface area contributed by atoms with Gasteiger partial charge in [0.05, 0.1) is 0 Å². The van der Waals surface area contributed by atoms with E-state index in [-0.39, 0.29) is 34.8 Å². The highest BCUT2D eigenvalue weighted by atomic mass is 16.6. The fraction of sp³-hybridized carbons (Fsp3) is 0.143. The van der Waals surface area contributed by atoms with Gasteiger partial charge in [-0.25, -0.2) is 19.2 Å². The summed E-state index contributed by atoms with van der Waals surface area (Å²) in [7, 11) is 0. The van der Waals surface area contributed by atoms with Crippen LogP contribution in [0.3, 0.4) is 0 Å². The molecule has 0 saturated carbocycles. The average Bonchev–Trinajstić information content (AvgIpc) is 2.88. The molecular weight excluding hydrogens is 464 g/mol. The van der Waals surface area contributed by atoms with Crippen molar-refractivity contribution in [1.29, 1.82) is 0 Å². The van der Waals surface area contributed by atoms with Crippen LogP contribution in [0, 0.1) is 0 Å². The minimum Gasteiger partial charge on any atom is -0.419 e. The third-order valence-electron chi connectivity index (χ3n) is 5.76. The maximum Gasteiger partial charge on any atom is 0.335 e. The molecule has 36 heavy (non-hydrogen) atoms. The standard InChI is InChI=1S/C28H24O8/c1-7-23(29)33-20-12-11-17-19-14-22(35-25(31)9-3)21(34-24(30)8-2)13-18(19)15(5)16(6)27(17)28(20)36-26(32)10-4/h7-16H,1-4H2,5-6H3. The van der Waals surface area contributed by atoms with E-state index in [0.717, 1.165) is 29.9 Å². The highest BCUT2D eigenvalue weighted by Crippen LogP contribution is 2.54. The van der Waals surface area contributed by atoms with Gasteiger partial charge in [-0.2, -0.15) is 0 Å². The Kier molecular flexibility index (Phi) is 7.69. The van der Waals surface area contributed by atoms with Crippen molar-refractivity contribution in [2.24, 2.45) is 0 Å². The Morgan fingerprint density at radius 2 is 1.11 bits per heavy atom. The van der Waals surface area contributed by atoms with Crippen molar-refractivity contribution in [3.63, 3.8) is 0 Å². The lowest BCUT2D eigenvalue weighted by Gasteiger charge is -2.33. The number of hydrogen-bond donors (Lipinski definition) is 0. The average molecular weight is 488 g/mol. The van der Waals surface area contributed by atoms with E-state index in [9.17, 15) is 19.2 Å². The Labute approximate surface area is 208 Å². The number of hydrogen-bond acceptors (Lipinski definition) is 8. The normalized spacial score (nSPS) is 15.3. The van der Waals surface area contributed by atoms with E-state index in [4.69, 9.17) is 18.9 Å². The van der Waals surface area contributed by atoms with Gasteiger partial charge in [0.25, 0.3) is 0 Å². The molecule has 2 atom stereocenters. The van der Waals surface area contributed by atoms with Crippen molar-refractivity contribution in [2.75, 3.05) is 0 Å². The summed E-state index contributed by atoms with van der Waals surface area (Å²) >= 11 is 0. The zero-order chi connectivity index (χ0) is 26.6. The van der Waals surface area contributed by atoms with Crippen LogP contribution in [-0.2, 0) is 19.2 Å². The van der Waals surface area contributed by atoms with Crippen LogP contribution in [0.2, 0.25) is 0 Å². The maximum absolute atomic E-state index is 12.2. The zero-order valence-corrected chi connectivity index (χ0v) is 19.9. The summed E-state index contributed by atoms with van der Waals surface area (Å²) in [6.07, 6.45) is 3.96. The molecule has 0 bridgehead atoms. The van der Waals surface area contributed by atoms with Crippen molar-refractivity contribution in [2.45, 2.75) is 25.7 Å². The second-order valence-corrected chi connectivity index (χ2v) is 7.82. The molecule has 0 saturated heterocycles. The van der Waals surface area contributed by atoms with Gasteiger partial charge < -0.3 is 18.9 Å². The Hall–Kier alpha value is -4.72. The summed E-state index contributed by atoms with van der Waals surface area (Å²) in [5.41, 5.74) is 2.66. The van der Waals surface area contributed by atoms with E-state index in [1.165, 1.54) is 6.07 Å². The van der Waals surface area contributed by atoms with Crippen molar-refractivity contribution in [1.82, 2.24) is 0 Å². The summed E-state index contributed by atoms with van der Waals surface area (Å²) in [6, 6.07) is 6.35. The number of ether oxygens (including phenoxy) is 4. The van der Waals surface area contributed by atoms with Gasteiger partial charge in [0, 0.05) is 29.9 Å². The van der Waals surface area contributed by atoms with Crippen LogP contribution >= 0.6 is 0 Å². The number of carbonyl (C=O) groups excluding carboxylic acids is 4. The molecule has 1 aliphatic rings. The van der Waals surface area contributed by atoms with E-state index in [1.807, 2.05) is 13.8 Å². The van der Waals surface area contributed by atoms with Crippen LogP contribution < -0.4 is 18.9 Å². The zero-order valence-electron chi connectivity index (χ0n) is 19.9. The van der Waals surface area contributed by atoms with Crippen molar-refractivity contribution in [3.8, 4) is 34.1 Å². The van der Waals surface area contributed by atoms with Crippen LogP contribution in [0.4, 0.5) is 0 Å². The molecule has 0 aromatic heterocycles. The number of rotatable bonds is 8. The summed E-state index contributed by atoms with van der Waals surface area (Å²) in [6.45, 7) is 17.5. The molecule has 0 amide bonds. The smallest absolute Gasteiger partial charge is 0.335 e. The topological polar surface area (TPSA) is 105 Å². The van der Waals surface area contributed by atoms with E-state index >= 15 is 0 Å². The van der Waals surface area contributed by atoms with E-state index < -0.39 is 23.9 Å². The first-order valence-electron chi connectivity index (χ1n) is 10.9. The lowest BCUT2D eigenvalue weighted by molar-refractivity contribution is -0.131.